The SMILES string of the molecule is CC(C)COc1nc(-c2ccccc2)n(C(=O)c2cccs2)n1. The van der Waals surface area contributed by atoms with Crippen molar-refractivity contribution < 1.29 is 9.53 Å². The molecule has 2 aromatic heterocycles. The van der Waals surface area contributed by atoms with Crippen LogP contribution in [0.15, 0.2) is 47.8 Å². The van der Waals surface area contributed by atoms with Gasteiger partial charge in [-0.25, -0.2) is 0 Å². The van der Waals surface area contributed by atoms with E-state index in [-0.39, 0.29) is 11.9 Å². The molecule has 6 heteroatoms. The smallest absolute Gasteiger partial charge is 0.336 e. The van der Waals surface area contributed by atoms with Gasteiger partial charge in [0, 0.05) is 5.56 Å². The molecular weight excluding hydrogens is 310 g/mol. The summed E-state index contributed by atoms with van der Waals surface area (Å²) in [5, 5.41) is 6.12. The summed E-state index contributed by atoms with van der Waals surface area (Å²) in [7, 11) is 0. The van der Waals surface area contributed by atoms with E-state index in [9.17, 15) is 4.79 Å². The van der Waals surface area contributed by atoms with Crippen LogP contribution in [0.25, 0.3) is 11.4 Å². The van der Waals surface area contributed by atoms with Gasteiger partial charge in [0.25, 0.3) is 5.91 Å². The van der Waals surface area contributed by atoms with Crippen molar-refractivity contribution >= 4 is 17.2 Å². The third-order valence-corrected chi connectivity index (χ3v) is 3.95. The van der Waals surface area contributed by atoms with Crippen LogP contribution in [0, 0.1) is 5.92 Å². The fourth-order valence-corrected chi connectivity index (χ4v) is 2.66. The number of carbonyl (C=O) groups excluding carboxylic acids is 1. The standard InChI is InChI=1S/C17H17N3O2S/c1-12(2)11-22-17-18-15(13-7-4-3-5-8-13)20(19-17)16(21)14-9-6-10-23-14/h3-10,12H,11H2,1-2H3. The first kappa shape index (κ1) is 15.4. The van der Waals surface area contributed by atoms with Crippen LogP contribution in [0.4, 0.5) is 0 Å². The van der Waals surface area contributed by atoms with Gasteiger partial charge < -0.3 is 4.74 Å². The Morgan fingerprint density at radius 1 is 1.22 bits per heavy atom. The summed E-state index contributed by atoms with van der Waals surface area (Å²) in [6, 6.07) is 13.4. The first-order valence-corrected chi connectivity index (χ1v) is 8.26. The second-order valence-electron chi connectivity index (χ2n) is 5.48. The lowest BCUT2D eigenvalue weighted by molar-refractivity contribution is 0.0948. The van der Waals surface area contributed by atoms with Gasteiger partial charge in [0.1, 0.15) is 0 Å². The van der Waals surface area contributed by atoms with Crippen molar-refractivity contribution in [2.75, 3.05) is 6.61 Å². The monoisotopic (exact) mass is 327 g/mol. The molecule has 0 fully saturated rings. The largest absolute Gasteiger partial charge is 0.462 e. The average molecular weight is 327 g/mol. The first-order valence-electron chi connectivity index (χ1n) is 7.38. The zero-order valence-electron chi connectivity index (χ0n) is 13.0. The molecule has 0 aliphatic heterocycles. The summed E-state index contributed by atoms with van der Waals surface area (Å²) < 4.78 is 6.90. The summed E-state index contributed by atoms with van der Waals surface area (Å²) in [6.07, 6.45) is 0. The van der Waals surface area contributed by atoms with E-state index in [0.717, 1.165) is 5.56 Å². The molecule has 2 heterocycles. The predicted molar refractivity (Wildman–Crippen MR) is 89.8 cm³/mol. The van der Waals surface area contributed by atoms with Gasteiger partial charge in [-0.3, -0.25) is 4.79 Å². The van der Waals surface area contributed by atoms with Crippen molar-refractivity contribution in [1.82, 2.24) is 14.8 Å². The number of benzene rings is 1. The number of hydrogen-bond acceptors (Lipinski definition) is 5. The number of rotatable bonds is 5. The van der Waals surface area contributed by atoms with Gasteiger partial charge in [-0.15, -0.1) is 16.4 Å². The maximum atomic E-state index is 12.7. The summed E-state index contributed by atoms with van der Waals surface area (Å²) in [6.45, 7) is 4.60. The molecule has 0 aliphatic carbocycles. The molecule has 3 rings (SSSR count). The van der Waals surface area contributed by atoms with E-state index in [2.05, 4.69) is 10.1 Å². The summed E-state index contributed by atoms with van der Waals surface area (Å²) >= 11 is 1.38. The van der Waals surface area contributed by atoms with E-state index in [4.69, 9.17) is 4.74 Å². The lowest BCUT2D eigenvalue weighted by Crippen LogP contribution is -2.14. The molecule has 23 heavy (non-hydrogen) atoms. The Balaban J connectivity index is 2.00. The van der Waals surface area contributed by atoms with Gasteiger partial charge >= 0.3 is 6.01 Å². The Kier molecular flexibility index (Phi) is 4.52. The number of carbonyl (C=O) groups is 1. The number of nitrogens with zero attached hydrogens (tertiary/aromatic N) is 3. The summed E-state index contributed by atoms with van der Waals surface area (Å²) in [4.78, 5) is 17.7. The quantitative estimate of drug-likeness (QED) is 0.716. The molecule has 0 aliphatic rings. The Morgan fingerprint density at radius 2 is 2.00 bits per heavy atom. The van der Waals surface area contributed by atoms with Crippen LogP contribution in [0.2, 0.25) is 0 Å². The molecular formula is C17H17N3O2S. The zero-order chi connectivity index (χ0) is 16.2. The Morgan fingerprint density at radius 3 is 2.65 bits per heavy atom. The van der Waals surface area contributed by atoms with Crippen molar-refractivity contribution in [2.24, 2.45) is 5.92 Å². The van der Waals surface area contributed by atoms with Gasteiger partial charge in [-0.1, -0.05) is 50.2 Å². The molecule has 3 aromatic rings. The topological polar surface area (TPSA) is 57.0 Å². The van der Waals surface area contributed by atoms with E-state index in [0.29, 0.717) is 23.2 Å². The molecule has 0 unspecified atom stereocenters. The normalized spacial score (nSPS) is 10.9. The molecule has 1 aromatic carbocycles. The molecule has 0 radical (unpaired) electrons. The average Bonchev–Trinajstić information content (AvgIpc) is 3.23. The van der Waals surface area contributed by atoms with Gasteiger partial charge in [0.2, 0.25) is 0 Å². The van der Waals surface area contributed by atoms with E-state index in [1.165, 1.54) is 16.0 Å². The lowest BCUT2D eigenvalue weighted by Gasteiger charge is -2.03. The predicted octanol–water partition coefficient (Wildman–Crippen LogP) is 3.73. The summed E-state index contributed by atoms with van der Waals surface area (Å²) in [5.74, 6) is 0.642. The van der Waals surface area contributed by atoms with Crippen LogP contribution in [0.3, 0.4) is 0 Å². The maximum absolute atomic E-state index is 12.7. The van der Waals surface area contributed by atoms with Gasteiger partial charge in [-0.2, -0.15) is 9.67 Å². The molecule has 0 N–H and O–H groups in total. The van der Waals surface area contributed by atoms with Crippen LogP contribution in [-0.2, 0) is 0 Å². The van der Waals surface area contributed by atoms with Crippen molar-refractivity contribution in [1.29, 1.82) is 0 Å². The Hall–Kier alpha value is -2.47. The second kappa shape index (κ2) is 6.75. The van der Waals surface area contributed by atoms with Gasteiger partial charge in [-0.05, 0) is 17.4 Å². The Bertz CT molecular complexity index is 780. The third kappa shape index (κ3) is 3.48. The summed E-state index contributed by atoms with van der Waals surface area (Å²) in [5.41, 5.74) is 0.823. The minimum absolute atomic E-state index is 0.203. The van der Waals surface area contributed by atoms with E-state index < -0.39 is 0 Å². The fraction of sp³-hybridized carbons (Fsp3) is 0.235. The highest BCUT2D eigenvalue weighted by molar-refractivity contribution is 7.12. The van der Waals surface area contributed by atoms with E-state index in [1.54, 1.807) is 6.07 Å². The third-order valence-electron chi connectivity index (χ3n) is 3.09. The van der Waals surface area contributed by atoms with Crippen molar-refractivity contribution in [3.8, 4) is 17.4 Å². The molecule has 0 saturated heterocycles. The minimum Gasteiger partial charge on any atom is -0.462 e. The molecule has 118 valence electrons. The van der Waals surface area contributed by atoms with Crippen molar-refractivity contribution in [3.05, 3.63) is 52.7 Å². The van der Waals surface area contributed by atoms with Gasteiger partial charge in [0.15, 0.2) is 5.82 Å². The highest BCUT2D eigenvalue weighted by Crippen LogP contribution is 2.22. The second-order valence-corrected chi connectivity index (χ2v) is 6.43. The van der Waals surface area contributed by atoms with Crippen LogP contribution in [-0.4, -0.2) is 27.3 Å². The van der Waals surface area contributed by atoms with Crippen LogP contribution in [0.1, 0.15) is 23.5 Å². The molecule has 5 nitrogen and oxygen atoms in total. The highest BCUT2D eigenvalue weighted by Gasteiger charge is 2.20. The fourth-order valence-electron chi connectivity index (χ4n) is 2.02. The van der Waals surface area contributed by atoms with Crippen LogP contribution < -0.4 is 4.74 Å². The van der Waals surface area contributed by atoms with Crippen molar-refractivity contribution in [2.45, 2.75) is 13.8 Å². The molecule has 0 spiro atoms. The molecule has 0 atom stereocenters. The lowest BCUT2D eigenvalue weighted by atomic mass is 10.2. The maximum Gasteiger partial charge on any atom is 0.336 e. The zero-order valence-corrected chi connectivity index (χ0v) is 13.8. The van der Waals surface area contributed by atoms with Crippen LogP contribution >= 0.6 is 11.3 Å². The molecule has 0 amide bonds. The van der Waals surface area contributed by atoms with Crippen molar-refractivity contribution in [3.63, 3.8) is 0 Å². The van der Waals surface area contributed by atoms with Crippen LogP contribution in [0.5, 0.6) is 6.01 Å². The number of aromatic nitrogens is 3. The van der Waals surface area contributed by atoms with E-state index >= 15 is 0 Å². The number of hydrogen-bond donors (Lipinski definition) is 0. The molecule has 0 saturated carbocycles. The molecule has 0 bridgehead atoms. The highest BCUT2D eigenvalue weighted by atomic mass is 32.1. The minimum atomic E-state index is -0.203. The van der Waals surface area contributed by atoms with E-state index in [1.807, 2.05) is 55.6 Å². The first-order chi connectivity index (χ1) is 11.1. The number of thiophene rings is 1. The number of ether oxygens (including phenoxy) is 1. The van der Waals surface area contributed by atoms with Gasteiger partial charge in [0.05, 0.1) is 11.5 Å². The Labute approximate surface area is 138 Å².